The van der Waals surface area contributed by atoms with Gasteiger partial charge in [-0.1, -0.05) is 0 Å². The monoisotopic (exact) mass is 225 g/mol. The Kier molecular flexibility index (Phi) is 3.82. The van der Waals surface area contributed by atoms with Crippen LogP contribution in [0.1, 0.15) is 23.9 Å². The first-order chi connectivity index (χ1) is 7.50. The first kappa shape index (κ1) is 12.0. The molecule has 6 heteroatoms. The molecular formula is C10H11NO5. The van der Waals surface area contributed by atoms with Gasteiger partial charge in [-0.05, 0) is 12.1 Å². The van der Waals surface area contributed by atoms with Gasteiger partial charge in [0.05, 0.1) is 6.26 Å². The molecule has 0 spiro atoms. The van der Waals surface area contributed by atoms with Gasteiger partial charge in [-0.3, -0.25) is 9.59 Å². The minimum atomic E-state index is -1.25. The van der Waals surface area contributed by atoms with Crippen molar-refractivity contribution >= 4 is 17.7 Å². The lowest BCUT2D eigenvalue weighted by Gasteiger charge is -2.11. The fourth-order valence-electron chi connectivity index (χ4n) is 1.17. The summed E-state index contributed by atoms with van der Waals surface area (Å²) in [5.74, 6) is -2.14. The summed E-state index contributed by atoms with van der Waals surface area (Å²) in [7, 11) is 0. The van der Waals surface area contributed by atoms with E-state index in [0.717, 1.165) is 0 Å². The molecule has 0 aliphatic rings. The third kappa shape index (κ3) is 3.23. The SMILES string of the molecule is CC(=O)N[C@@H](CC(=O)c1ccco1)C(=O)O. The van der Waals surface area contributed by atoms with Crippen LogP contribution in [0.2, 0.25) is 0 Å². The van der Waals surface area contributed by atoms with Crippen molar-refractivity contribution in [2.24, 2.45) is 0 Å². The van der Waals surface area contributed by atoms with Crippen molar-refractivity contribution in [1.29, 1.82) is 0 Å². The van der Waals surface area contributed by atoms with Crippen molar-refractivity contribution in [3.63, 3.8) is 0 Å². The van der Waals surface area contributed by atoms with Gasteiger partial charge < -0.3 is 14.8 Å². The third-order valence-electron chi connectivity index (χ3n) is 1.86. The Balaban J connectivity index is 2.65. The number of nitrogens with one attached hydrogen (secondary N) is 1. The fourth-order valence-corrected chi connectivity index (χ4v) is 1.17. The normalized spacial score (nSPS) is 11.8. The smallest absolute Gasteiger partial charge is 0.326 e. The molecule has 0 aliphatic carbocycles. The Labute approximate surface area is 91.2 Å². The van der Waals surface area contributed by atoms with Gasteiger partial charge >= 0.3 is 5.97 Å². The number of rotatable bonds is 5. The summed E-state index contributed by atoms with van der Waals surface area (Å²) in [5, 5.41) is 10.9. The van der Waals surface area contributed by atoms with Crippen LogP contribution in [0.4, 0.5) is 0 Å². The molecule has 6 nitrogen and oxygen atoms in total. The Morgan fingerprint density at radius 3 is 2.62 bits per heavy atom. The average Bonchev–Trinajstić information content (AvgIpc) is 2.68. The summed E-state index contributed by atoms with van der Waals surface area (Å²) in [6, 6.07) is 1.74. The molecule has 1 heterocycles. The number of amides is 1. The van der Waals surface area contributed by atoms with E-state index in [4.69, 9.17) is 9.52 Å². The molecule has 1 aromatic heterocycles. The highest BCUT2D eigenvalue weighted by Crippen LogP contribution is 2.06. The van der Waals surface area contributed by atoms with Crippen LogP contribution in [0.25, 0.3) is 0 Å². The average molecular weight is 225 g/mol. The van der Waals surface area contributed by atoms with E-state index in [-0.39, 0.29) is 12.2 Å². The van der Waals surface area contributed by atoms with E-state index in [2.05, 4.69) is 5.32 Å². The van der Waals surface area contributed by atoms with Gasteiger partial charge in [-0.15, -0.1) is 0 Å². The highest BCUT2D eigenvalue weighted by atomic mass is 16.4. The zero-order chi connectivity index (χ0) is 12.1. The minimum Gasteiger partial charge on any atom is -0.480 e. The summed E-state index contributed by atoms with van der Waals surface area (Å²) in [5.41, 5.74) is 0. The summed E-state index contributed by atoms with van der Waals surface area (Å²) >= 11 is 0. The molecule has 1 amide bonds. The first-order valence-electron chi connectivity index (χ1n) is 4.57. The van der Waals surface area contributed by atoms with Crippen LogP contribution in [-0.2, 0) is 9.59 Å². The van der Waals surface area contributed by atoms with Crippen molar-refractivity contribution in [2.75, 3.05) is 0 Å². The number of carbonyl (C=O) groups excluding carboxylic acids is 2. The quantitative estimate of drug-likeness (QED) is 0.709. The topological polar surface area (TPSA) is 96.6 Å². The number of furan rings is 1. The second kappa shape index (κ2) is 5.11. The van der Waals surface area contributed by atoms with Crippen LogP contribution in [0.5, 0.6) is 0 Å². The predicted molar refractivity (Wildman–Crippen MR) is 52.9 cm³/mol. The highest BCUT2D eigenvalue weighted by molar-refractivity contribution is 5.97. The standard InChI is InChI=1S/C10H11NO5/c1-6(12)11-7(10(14)15)5-8(13)9-3-2-4-16-9/h2-4,7H,5H2,1H3,(H,11,12)(H,14,15)/t7-/m0/s1. The maximum absolute atomic E-state index is 11.5. The van der Waals surface area contributed by atoms with Crippen LogP contribution in [0.3, 0.4) is 0 Å². The van der Waals surface area contributed by atoms with Gasteiger partial charge in [-0.2, -0.15) is 0 Å². The first-order valence-corrected chi connectivity index (χ1v) is 4.57. The lowest BCUT2D eigenvalue weighted by atomic mass is 10.1. The Morgan fingerprint density at radius 2 is 2.19 bits per heavy atom. The molecule has 1 aromatic rings. The van der Waals surface area contributed by atoms with E-state index in [9.17, 15) is 14.4 Å². The van der Waals surface area contributed by atoms with E-state index < -0.39 is 23.7 Å². The second-order valence-electron chi connectivity index (χ2n) is 3.20. The molecule has 0 radical (unpaired) electrons. The highest BCUT2D eigenvalue weighted by Gasteiger charge is 2.23. The summed E-state index contributed by atoms with van der Waals surface area (Å²) in [6.45, 7) is 1.19. The molecule has 16 heavy (non-hydrogen) atoms. The Morgan fingerprint density at radius 1 is 1.50 bits per heavy atom. The molecule has 86 valence electrons. The zero-order valence-electron chi connectivity index (χ0n) is 8.60. The molecule has 0 fully saturated rings. The number of aliphatic carboxylic acids is 1. The molecule has 1 rings (SSSR count). The molecular weight excluding hydrogens is 214 g/mol. The van der Waals surface area contributed by atoms with Gasteiger partial charge in [-0.25, -0.2) is 4.79 Å². The van der Waals surface area contributed by atoms with Crippen molar-refractivity contribution in [3.05, 3.63) is 24.2 Å². The fraction of sp³-hybridized carbons (Fsp3) is 0.300. The Bertz CT molecular complexity index is 395. The van der Waals surface area contributed by atoms with E-state index >= 15 is 0 Å². The minimum absolute atomic E-state index is 0.0802. The van der Waals surface area contributed by atoms with Gasteiger partial charge in [0, 0.05) is 13.3 Å². The Hall–Kier alpha value is -2.11. The van der Waals surface area contributed by atoms with E-state index in [1.54, 1.807) is 0 Å². The van der Waals surface area contributed by atoms with E-state index in [1.807, 2.05) is 0 Å². The van der Waals surface area contributed by atoms with Gasteiger partial charge in [0.1, 0.15) is 6.04 Å². The van der Waals surface area contributed by atoms with Crippen molar-refractivity contribution in [1.82, 2.24) is 5.32 Å². The van der Waals surface area contributed by atoms with Crippen molar-refractivity contribution in [3.8, 4) is 0 Å². The van der Waals surface area contributed by atoms with Crippen molar-refractivity contribution in [2.45, 2.75) is 19.4 Å². The number of carboxylic acids is 1. The molecule has 0 aromatic carbocycles. The molecule has 0 bridgehead atoms. The molecule has 0 unspecified atom stereocenters. The van der Waals surface area contributed by atoms with E-state index in [0.29, 0.717) is 0 Å². The number of hydrogen-bond acceptors (Lipinski definition) is 4. The van der Waals surface area contributed by atoms with E-state index in [1.165, 1.54) is 25.3 Å². The third-order valence-corrected chi connectivity index (χ3v) is 1.86. The largest absolute Gasteiger partial charge is 0.480 e. The molecule has 2 N–H and O–H groups in total. The zero-order valence-corrected chi connectivity index (χ0v) is 8.60. The molecule has 0 saturated heterocycles. The number of carboxylic acid groups (broad SMARTS) is 1. The summed E-state index contributed by atoms with van der Waals surface area (Å²) < 4.78 is 4.83. The van der Waals surface area contributed by atoms with Crippen LogP contribution in [0, 0.1) is 0 Å². The molecule has 0 saturated carbocycles. The lowest BCUT2D eigenvalue weighted by Crippen LogP contribution is -2.41. The molecule has 0 aliphatic heterocycles. The number of ketones is 1. The van der Waals surface area contributed by atoms with Gasteiger partial charge in [0.25, 0.3) is 0 Å². The summed E-state index contributed by atoms with van der Waals surface area (Å²) in [6.07, 6.45) is 0.990. The maximum Gasteiger partial charge on any atom is 0.326 e. The predicted octanol–water partition coefficient (Wildman–Crippen LogP) is 0.442. The van der Waals surface area contributed by atoms with Crippen LogP contribution < -0.4 is 5.32 Å². The van der Waals surface area contributed by atoms with Gasteiger partial charge in [0.15, 0.2) is 5.76 Å². The van der Waals surface area contributed by atoms with Crippen LogP contribution >= 0.6 is 0 Å². The summed E-state index contributed by atoms with van der Waals surface area (Å²) in [4.78, 5) is 33.0. The maximum atomic E-state index is 11.5. The van der Waals surface area contributed by atoms with Crippen molar-refractivity contribution < 1.29 is 23.9 Å². The number of hydrogen-bond donors (Lipinski definition) is 2. The lowest BCUT2D eigenvalue weighted by molar-refractivity contribution is -0.141. The van der Waals surface area contributed by atoms with Crippen LogP contribution in [0.15, 0.2) is 22.8 Å². The second-order valence-corrected chi connectivity index (χ2v) is 3.20. The van der Waals surface area contributed by atoms with Gasteiger partial charge in [0.2, 0.25) is 11.7 Å². The molecule has 1 atom stereocenters. The number of Topliss-reactive ketones (excluding diaryl/α,β-unsaturated/α-hetero) is 1. The van der Waals surface area contributed by atoms with Crippen LogP contribution in [-0.4, -0.2) is 28.8 Å². The number of carbonyl (C=O) groups is 3.